The lowest BCUT2D eigenvalue weighted by molar-refractivity contribution is 0.0770. The minimum Gasteiger partial charge on any atom is -0.379 e. The Kier molecular flexibility index (Phi) is 5.98. The lowest BCUT2D eigenvalue weighted by Crippen LogP contribution is -2.39. The average Bonchev–Trinajstić information content (AvgIpc) is 2.36. The van der Waals surface area contributed by atoms with Crippen LogP contribution >= 0.6 is 0 Å². The second-order valence-electron chi connectivity index (χ2n) is 4.86. The smallest absolute Gasteiger partial charge is 0.330 e. The van der Waals surface area contributed by atoms with Gasteiger partial charge in [0, 0.05) is 39.0 Å². The van der Waals surface area contributed by atoms with Crippen LogP contribution in [-0.4, -0.2) is 28.4 Å². The van der Waals surface area contributed by atoms with Gasteiger partial charge in [-0.15, -0.1) is 0 Å². The van der Waals surface area contributed by atoms with Gasteiger partial charge in [0.25, 0.3) is 5.56 Å². The highest BCUT2D eigenvalue weighted by molar-refractivity contribution is 5.05. The number of nitrogens with zero attached hydrogens (tertiary/aromatic N) is 2. The van der Waals surface area contributed by atoms with E-state index in [1.165, 1.54) is 11.6 Å². The highest BCUT2D eigenvalue weighted by Crippen LogP contribution is 1.91. The molecule has 6 nitrogen and oxygen atoms in total. The van der Waals surface area contributed by atoms with Crippen LogP contribution < -0.4 is 16.6 Å². The van der Waals surface area contributed by atoms with Crippen LogP contribution in [-0.2, 0) is 25.4 Å². The fourth-order valence-corrected chi connectivity index (χ4v) is 1.74. The third-order valence-corrected chi connectivity index (χ3v) is 2.78. The lowest BCUT2D eigenvalue weighted by atomic mass is 10.3. The lowest BCUT2D eigenvalue weighted by Gasteiger charge is -2.09. The van der Waals surface area contributed by atoms with Crippen molar-refractivity contribution in [1.82, 2.24) is 14.5 Å². The number of hydrogen-bond donors (Lipinski definition) is 1. The predicted molar refractivity (Wildman–Crippen MR) is 74.3 cm³/mol. The summed E-state index contributed by atoms with van der Waals surface area (Å²) in [5.74, 6) is 0. The molecule has 1 aromatic rings. The van der Waals surface area contributed by atoms with E-state index in [2.05, 4.69) is 5.32 Å². The summed E-state index contributed by atoms with van der Waals surface area (Å²) < 4.78 is 7.96. The van der Waals surface area contributed by atoms with Gasteiger partial charge in [-0.1, -0.05) is 0 Å². The fraction of sp³-hybridized carbons (Fsp3) is 0.692. The van der Waals surface area contributed by atoms with E-state index in [9.17, 15) is 9.59 Å². The first kappa shape index (κ1) is 15.7. The summed E-state index contributed by atoms with van der Waals surface area (Å²) in [6.07, 6.45) is 2.72. The summed E-state index contributed by atoms with van der Waals surface area (Å²) in [7, 11) is 3.13. The highest BCUT2D eigenvalue weighted by atomic mass is 16.5. The van der Waals surface area contributed by atoms with Crippen LogP contribution in [0.25, 0.3) is 0 Å². The zero-order chi connectivity index (χ0) is 14.4. The molecule has 19 heavy (non-hydrogen) atoms. The van der Waals surface area contributed by atoms with Gasteiger partial charge >= 0.3 is 5.69 Å². The molecular weight excluding hydrogens is 246 g/mol. The zero-order valence-electron chi connectivity index (χ0n) is 12.1. The number of ether oxygens (including phenoxy) is 1. The summed E-state index contributed by atoms with van der Waals surface area (Å²) in [6, 6.07) is 0. The second-order valence-corrected chi connectivity index (χ2v) is 4.86. The van der Waals surface area contributed by atoms with Crippen LogP contribution in [0.5, 0.6) is 0 Å². The highest BCUT2D eigenvalue weighted by Gasteiger charge is 2.05. The third-order valence-electron chi connectivity index (χ3n) is 2.78. The van der Waals surface area contributed by atoms with Crippen molar-refractivity contribution in [3.8, 4) is 0 Å². The monoisotopic (exact) mass is 269 g/mol. The van der Waals surface area contributed by atoms with E-state index >= 15 is 0 Å². The molecule has 6 heteroatoms. The van der Waals surface area contributed by atoms with Gasteiger partial charge in [0.1, 0.15) is 0 Å². The Bertz CT molecular complexity index is 517. The molecule has 0 spiro atoms. The molecule has 0 aliphatic carbocycles. The molecule has 0 fully saturated rings. The van der Waals surface area contributed by atoms with Crippen molar-refractivity contribution in [3.05, 3.63) is 32.6 Å². The molecule has 108 valence electrons. The Hall–Kier alpha value is -1.40. The van der Waals surface area contributed by atoms with Gasteiger partial charge < -0.3 is 14.6 Å². The Morgan fingerprint density at radius 2 is 2.00 bits per heavy atom. The summed E-state index contributed by atoms with van der Waals surface area (Å²) >= 11 is 0. The molecule has 0 aliphatic heterocycles. The van der Waals surface area contributed by atoms with Crippen molar-refractivity contribution in [2.45, 2.75) is 32.9 Å². The largest absolute Gasteiger partial charge is 0.379 e. The summed E-state index contributed by atoms with van der Waals surface area (Å²) in [4.78, 5) is 23.3. The molecule has 0 aromatic carbocycles. The Labute approximate surface area is 113 Å². The molecule has 0 aliphatic rings. The Balaban J connectivity index is 2.47. The van der Waals surface area contributed by atoms with Crippen molar-refractivity contribution < 1.29 is 4.74 Å². The normalized spacial score (nSPS) is 11.2. The average molecular weight is 269 g/mol. The summed E-state index contributed by atoms with van der Waals surface area (Å²) in [5, 5.41) is 3.18. The Morgan fingerprint density at radius 3 is 2.63 bits per heavy atom. The number of aryl methyl sites for hydroxylation is 1. The quantitative estimate of drug-likeness (QED) is 0.707. The molecular formula is C13H23N3O3. The van der Waals surface area contributed by atoms with Crippen LogP contribution in [0, 0.1) is 0 Å². The number of nitrogens with one attached hydrogen (secondary N) is 1. The van der Waals surface area contributed by atoms with Crippen molar-refractivity contribution in [2.75, 3.05) is 13.2 Å². The maximum absolute atomic E-state index is 11.8. The van der Waals surface area contributed by atoms with Gasteiger partial charge in [-0.3, -0.25) is 9.36 Å². The van der Waals surface area contributed by atoms with Gasteiger partial charge in [0.05, 0.1) is 6.10 Å². The first-order valence-electron chi connectivity index (χ1n) is 6.51. The molecule has 0 atom stereocenters. The van der Waals surface area contributed by atoms with E-state index in [0.717, 1.165) is 17.5 Å². The predicted octanol–water partition coefficient (Wildman–Crippen LogP) is -0.0113. The topological polar surface area (TPSA) is 65.3 Å². The molecule has 1 aromatic heterocycles. The number of hydrogen-bond acceptors (Lipinski definition) is 4. The van der Waals surface area contributed by atoms with Crippen molar-refractivity contribution in [3.63, 3.8) is 0 Å². The fourth-order valence-electron chi connectivity index (χ4n) is 1.74. The molecule has 0 saturated heterocycles. The maximum atomic E-state index is 11.8. The van der Waals surface area contributed by atoms with Gasteiger partial charge in [-0.25, -0.2) is 4.79 Å². The van der Waals surface area contributed by atoms with E-state index in [4.69, 9.17) is 4.74 Å². The molecule has 0 saturated carbocycles. The third kappa shape index (κ3) is 4.65. The molecule has 0 amide bonds. The van der Waals surface area contributed by atoms with Gasteiger partial charge in [0.15, 0.2) is 0 Å². The number of aromatic nitrogens is 2. The first-order valence-corrected chi connectivity index (χ1v) is 6.51. The second kappa shape index (κ2) is 7.25. The Morgan fingerprint density at radius 1 is 1.32 bits per heavy atom. The van der Waals surface area contributed by atoms with Gasteiger partial charge in [-0.05, 0) is 26.8 Å². The minimum absolute atomic E-state index is 0.242. The van der Waals surface area contributed by atoms with Crippen molar-refractivity contribution in [1.29, 1.82) is 0 Å². The van der Waals surface area contributed by atoms with Crippen molar-refractivity contribution >= 4 is 0 Å². The van der Waals surface area contributed by atoms with Crippen LogP contribution in [0.4, 0.5) is 0 Å². The van der Waals surface area contributed by atoms with Crippen LogP contribution in [0.3, 0.4) is 0 Å². The zero-order valence-corrected chi connectivity index (χ0v) is 12.1. The summed E-state index contributed by atoms with van der Waals surface area (Å²) in [6.45, 7) is 5.94. The van der Waals surface area contributed by atoms with Crippen LogP contribution in [0.1, 0.15) is 25.8 Å². The minimum atomic E-state index is -0.306. The maximum Gasteiger partial charge on any atom is 0.330 e. The molecule has 0 radical (unpaired) electrons. The van der Waals surface area contributed by atoms with E-state index in [0.29, 0.717) is 18.7 Å². The standard InChI is InChI=1S/C13H23N3O3/c1-10(2)19-7-5-6-14-8-11-9-15(3)13(18)16(4)12(11)17/h9-10,14H,5-8H2,1-4H3. The van der Waals surface area contributed by atoms with Gasteiger partial charge in [-0.2, -0.15) is 0 Å². The molecule has 1 heterocycles. The van der Waals surface area contributed by atoms with Crippen molar-refractivity contribution in [2.24, 2.45) is 14.1 Å². The SMILES string of the molecule is CC(C)OCCCNCc1cn(C)c(=O)n(C)c1=O. The van der Waals surface area contributed by atoms with E-state index in [1.54, 1.807) is 13.2 Å². The summed E-state index contributed by atoms with van der Waals surface area (Å²) in [5.41, 5.74) is 0.0440. The molecule has 0 bridgehead atoms. The molecule has 1 N–H and O–H groups in total. The van der Waals surface area contributed by atoms with Crippen LogP contribution in [0.2, 0.25) is 0 Å². The first-order chi connectivity index (χ1) is 8.93. The van der Waals surface area contributed by atoms with E-state index in [1.807, 2.05) is 13.8 Å². The molecule has 1 rings (SSSR count). The van der Waals surface area contributed by atoms with Gasteiger partial charge in [0.2, 0.25) is 0 Å². The van der Waals surface area contributed by atoms with E-state index < -0.39 is 0 Å². The van der Waals surface area contributed by atoms with E-state index in [-0.39, 0.29) is 17.4 Å². The number of rotatable bonds is 7. The van der Waals surface area contributed by atoms with Crippen LogP contribution in [0.15, 0.2) is 15.8 Å². The molecule has 0 unspecified atom stereocenters.